The Hall–Kier alpha value is -0.870. The highest BCUT2D eigenvalue weighted by Crippen LogP contribution is 2.06. The van der Waals surface area contributed by atoms with Gasteiger partial charge in [0.25, 0.3) is 0 Å². The second-order valence-corrected chi connectivity index (χ2v) is 3.99. The quantitative estimate of drug-likeness (QED) is 0.461. The molecule has 0 heterocycles. The predicted octanol–water partition coefficient (Wildman–Crippen LogP) is 4.79. The van der Waals surface area contributed by atoms with Gasteiger partial charge in [-0.15, -0.1) is 9.24 Å². The Morgan fingerprint density at radius 1 is 1.13 bits per heavy atom. The maximum absolute atomic E-state index is 2.68. The summed E-state index contributed by atoms with van der Waals surface area (Å²) in [6.45, 7) is 6.20. The third-order valence-electron chi connectivity index (χ3n) is 1.88. The van der Waals surface area contributed by atoms with E-state index in [4.69, 9.17) is 0 Å². The minimum absolute atomic E-state index is 1.01. The van der Waals surface area contributed by atoms with Crippen LogP contribution in [0, 0.1) is 0 Å². The van der Waals surface area contributed by atoms with Gasteiger partial charge in [0.15, 0.2) is 0 Å². The van der Waals surface area contributed by atoms with Crippen LogP contribution in [0.15, 0.2) is 59.5 Å². The van der Waals surface area contributed by atoms with Gasteiger partial charge in [-0.2, -0.15) is 0 Å². The van der Waals surface area contributed by atoms with Crippen LogP contribution in [-0.2, 0) is 0 Å². The summed E-state index contributed by atoms with van der Waals surface area (Å²) in [4.78, 5) is 0. The summed E-state index contributed by atoms with van der Waals surface area (Å²) in [5.41, 5.74) is 1.37. The zero-order chi connectivity index (χ0) is 11.5. The van der Waals surface area contributed by atoms with Crippen LogP contribution >= 0.6 is 9.24 Å². The SMILES string of the molecule is C/C=C\C=C(/C)C/C=C/C=C\C(P)=C/C. The zero-order valence-corrected chi connectivity index (χ0v) is 11.1. The molecule has 0 aliphatic rings. The van der Waals surface area contributed by atoms with E-state index >= 15 is 0 Å². The average molecular weight is 220 g/mol. The molecular formula is C14H21P. The number of allylic oxidation sites excluding steroid dienone is 10. The van der Waals surface area contributed by atoms with Crippen LogP contribution in [0.5, 0.6) is 0 Å². The molecule has 1 heteroatoms. The van der Waals surface area contributed by atoms with E-state index in [0.29, 0.717) is 0 Å². The van der Waals surface area contributed by atoms with Crippen molar-refractivity contribution in [3.63, 3.8) is 0 Å². The lowest BCUT2D eigenvalue weighted by Crippen LogP contribution is -1.70. The molecule has 0 bridgehead atoms. The third-order valence-corrected chi connectivity index (χ3v) is 2.41. The maximum atomic E-state index is 2.68. The smallest absolute Gasteiger partial charge is 0.0135 e. The maximum Gasteiger partial charge on any atom is -0.0135 e. The highest BCUT2D eigenvalue weighted by molar-refractivity contribution is 7.22. The minimum atomic E-state index is 1.01. The standard InChI is InChI=1S/C14H21P/c1-4-6-10-13(3)11-8-7-9-12-14(15)5-2/h4-10,12H,11,15H2,1-3H3/b6-4-,8-7+,12-9-,13-10+,14-5+. The molecule has 82 valence electrons. The molecule has 0 aliphatic heterocycles. The molecular weight excluding hydrogens is 199 g/mol. The molecule has 0 aromatic carbocycles. The number of hydrogen-bond donors (Lipinski definition) is 0. The molecule has 0 saturated heterocycles. The fraction of sp³-hybridized carbons (Fsp3) is 0.286. The first-order valence-electron chi connectivity index (χ1n) is 5.24. The molecule has 0 amide bonds. The van der Waals surface area contributed by atoms with Crippen LogP contribution in [-0.4, -0.2) is 0 Å². The molecule has 0 aliphatic carbocycles. The largest absolute Gasteiger partial charge is 0.106 e. The van der Waals surface area contributed by atoms with E-state index in [2.05, 4.69) is 58.7 Å². The monoisotopic (exact) mass is 220 g/mol. The molecule has 0 spiro atoms. The summed E-state index contributed by atoms with van der Waals surface area (Å²) in [5.74, 6) is 0. The molecule has 1 atom stereocenters. The lowest BCUT2D eigenvalue weighted by molar-refractivity contribution is 1.21. The molecule has 0 saturated carbocycles. The molecule has 0 fully saturated rings. The molecule has 15 heavy (non-hydrogen) atoms. The summed E-state index contributed by atoms with van der Waals surface area (Å²) in [5, 5.41) is 1.21. The molecule has 0 nitrogen and oxygen atoms in total. The van der Waals surface area contributed by atoms with E-state index in [0.717, 1.165) is 6.42 Å². The van der Waals surface area contributed by atoms with Crippen molar-refractivity contribution in [2.45, 2.75) is 27.2 Å². The summed E-state index contributed by atoms with van der Waals surface area (Å²) in [6.07, 6.45) is 17.7. The Labute approximate surface area is 96.4 Å². The highest BCUT2D eigenvalue weighted by Gasteiger charge is 1.81. The third kappa shape index (κ3) is 9.43. The predicted molar refractivity (Wildman–Crippen MR) is 74.9 cm³/mol. The van der Waals surface area contributed by atoms with E-state index < -0.39 is 0 Å². The summed E-state index contributed by atoms with van der Waals surface area (Å²) in [6, 6.07) is 0. The van der Waals surface area contributed by atoms with Crippen molar-refractivity contribution in [3.05, 3.63) is 59.5 Å². The van der Waals surface area contributed by atoms with Crippen molar-refractivity contribution in [3.8, 4) is 0 Å². The topological polar surface area (TPSA) is 0 Å². The van der Waals surface area contributed by atoms with Crippen LogP contribution in [0.3, 0.4) is 0 Å². The second kappa shape index (κ2) is 9.68. The van der Waals surface area contributed by atoms with Gasteiger partial charge in [0.1, 0.15) is 0 Å². The van der Waals surface area contributed by atoms with Gasteiger partial charge in [-0.1, -0.05) is 54.2 Å². The van der Waals surface area contributed by atoms with Crippen molar-refractivity contribution < 1.29 is 0 Å². The Kier molecular flexibility index (Phi) is 9.11. The Morgan fingerprint density at radius 2 is 1.87 bits per heavy atom. The Balaban J connectivity index is 3.96. The molecule has 0 N–H and O–H groups in total. The fourth-order valence-electron chi connectivity index (χ4n) is 0.924. The Bertz CT molecular complexity index is 301. The number of hydrogen-bond acceptors (Lipinski definition) is 0. The zero-order valence-electron chi connectivity index (χ0n) is 9.90. The summed E-state index contributed by atoms with van der Waals surface area (Å²) in [7, 11) is 2.68. The van der Waals surface area contributed by atoms with Gasteiger partial charge in [0.05, 0.1) is 0 Å². The molecule has 0 aromatic heterocycles. The van der Waals surface area contributed by atoms with Crippen molar-refractivity contribution in [2.75, 3.05) is 0 Å². The van der Waals surface area contributed by atoms with Crippen LogP contribution in [0.2, 0.25) is 0 Å². The van der Waals surface area contributed by atoms with Gasteiger partial charge in [-0.3, -0.25) is 0 Å². The fourth-order valence-corrected chi connectivity index (χ4v) is 1.04. The van der Waals surface area contributed by atoms with E-state index in [1.54, 1.807) is 0 Å². The molecule has 0 rings (SSSR count). The van der Waals surface area contributed by atoms with Crippen LogP contribution in [0.4, 0.5) is 0 Å². The van der Waals surface area contributed by atoms with Gasteiger partial charge in [-0.05, 0) is 32.5 Å². The summed E-state index contributed by atoms with van der Waals surface area (Å²) >= 11 is 0. The van der Waals surface area contributed by atoms with E-state index in [-0.39, 0.29) is 0 Å². The lowest BCUT2D eigenvalue weighted by atomic mass is 10.2. The van der Waals surface area contributed by atoms with Crippen LogP contribution in [0.1, 0.15) is 27.2 Å². The van der Waals surface area contributed by atoms with Crippen molar-refractivity contribution in [1.82, 2.24) is 0 Å². The molecule has 0 aromatic rings. The van der Waals surface area contributed by atoms with Gasteiger partial charge < -0.3 is 0 Å². The highest BCUT2D eigenvalue weighted by atomic mass is 31.0. The van der Waals surface area contributed by atoms with E-state index in [1.807, 2.05) is 19.9 Å². The number of rotatable bonds is 5. The van der Waals surface area contributed by atoms with Gasteiger partial charge in [0, 0.05) is 0 Å². The molecule has 1 unspecified atom stereocenters. The van der Waals surface area contributed by atoms with Crippen LogP contribution in [0.25, 0.3) is 0 Å². The average Bonchev–Trinajstić information content (AvgIpc) is 2.25. The van der Waals surface area contributed by atoms with E-state index in [1.165, 1.54) is 10.9 Å². The normalized spacial score (nSPS) is 14.9. The van der Waals surface area contributed by atoms with Crippen LogP contribution < -0.4 is 0 Å². The summed E-state index contributed by atoms with van der Waals surface area (Å²) < 4.78 is 0. The first kappa shape index (κ1) is 14.1. The van der Waals surface area contributed by atoms with Crippen molar-refractivity contribution in [2.24, 2.45) is 0 Å². The van der Waals surface area contributed by atoms with Gasteiger partial charge >= 0.3 is 0 Å². The first-order valence-corrected chi connectivity index (χ1v) is 5.82. The Morgan fingerprint density at radius 3 is 2.47 bits per heavy atom. The van der Waals surface area contributed by atoms with Gasteiger partial charge in [0.2, 0.25) is 0 Å². The lowest BCUT2D eigenvalue weighted by Gasteiger charge is -1.91. The second-order valence-electron chi connectivity index (χ2n) is 3.32. The van der Waals surface area contributed by atoms with E-state index in [9.17, 15) is 0 Å². The van der Waals surface area contributed by atoms with Gasteiger partial charge in [-0.25, -0.2) is 0 Å². The first-order chi connectivity index (χ1) is 7.20. The molecule has 0 radical (unpaired) electrons. The minimum Gasteiger partial charge on any atom is -0.106 e. The van der Waals surface area contributed by atoms with Crippen molar-refractivity contribution >= 4 is 9.24 Å². The van der Waals surface area contributed by atoms with Crippen molar-refractivity contribution in [1.29, 1.82) is 0 Å².